The molecule has 6 heteroatoms. The minimum Gasteiger partial charge on any atom is -0.327 e. The molecule has 2 aromatic carbocycles. The Balaban J connectivity index is 2.04. The Morgan fingerprint density at radius 2 is 1.96 bits per heavy atom. The van der Waals surface area contributed by atoms with Crippen molar-refractivity contribution in [1.29, 1.82) is 0 Å². The van der Waals surface area contributed by atoms with Gasteiger partial charge in [-0.15, -0.1) is 0 Å². The second kappa shape index (κ2) is 9.18. The molecule has 1 unspecified atom stereocenters. The van der Waals surface area contributed by atoms with Crippen molar-refractivity contribution in [2.45, 2.75) is 25.9 Å². The highest BCUT2D eigenvalue weighted by Crippen LogP contribution is 2.34. The molecule has 28 heavy (non-hydrogen) atoms. The number of aromatic nitrogens is 1. The van der Waals surface area contributed by atoms with Crippen LogP contribution in [0.1, 0.15) is 40.9 Å². The van der Waals surface area contributed by atoms with Crippen LogP contribution in [0, 0.1) is 5.82 Å². The number of benzene rings is 2. The summed E-state index contributed by atoms with van der Waals surface area (Å²) >= 11 is 12.5. The lowest BCUT2D eigenvalue weighted by molar-refractivity contribution is 0.0652. The van der Waals surface area contributed by atoms with Crippen LogP contribution in [0.2, 0.25) is 10.0 Å². The summed E-state index contributed by atoms with van der Waals surface area (Å²) in [5, 5.41) is 1.02. The minimum atomic E-state index is -0.454. The highest BCUT2D eigenvalue weighted by Gasteiger charge is 2.27. The molecule has 0 aliphatic heterocycles. The molecule has 144 valence electrons. The number of carbonyl (C=O) groups is 1. The number of halogens is 3. The molecule has 0 N–H and O–H groups in total. The van der Waals surface area contributed by atoms with Gasteiger partial charge in [0.05, 0.1) is 6.04 Å². The van der Waals surface area contributed by atoms with Crippen molar-refractivity contribution < 1.29 is 9.18 Å². The normalized spacial score (nSPS) is 11.9. The van der Waals surface area contributed by atoms with E-state index in [4.69, 9.17) is 23.2 Å². The Hall–Kier alpha value is -2.43. The SMILES string of the molecule is CCC(c1ccc(Cl)cc1Cl)N(Cc1cccnc1)C(=O)c1cccc(F)c1. The van der Waals surface area contributed by atoms with Crippen molar-refractivity contribution in [3.8, 4) is 0 Å². The Morgan fingerprint density at radius 3 is 2.61 bits per heavy atom. The number of nitrogens with zero attached hydrogens (tertiary/aromatic N) is 2. The van der Waals surface area contributed by atoms with Gasteiger partial charge in [0.15, 0.2) is 0 Å². The molecule has 1 amide bonds. The molecular formula is C22H19Cl2FN2O. The van der Waals surface area contributed by atoms with Crippen LogP contribution in [0.4, 0.5) is 4.39 Å². The van der Waals surface area contributed by atoms with Crippen molar-refractivity contribution in [3.63, 3.8) is 0 Å². The summed E-state index contributed by atoms with van der Waals surface area (Å²) < 4.78 is 13.7. The predicted octanol–water partition coefficient (Wildman–Crippen LogP) is 6.32. The summed E-state index contributed by atoms with van der Waals surface area (Å²) in [6.07, 6.45) is 4.01. The van der Waals surface area contributed by atoms with Gasteiger partial charge < -0.3 is 4.90 Å². The number of rotatable bonds is 6. The van der Waals surface area contributed by atoms with E-state index in [9.17, 15) is 9.18 Å². The summed E-state index contributed by atoms with van der Waals surface area (Å²) in [5.41, 5.74) is 1.95. The Bertz CT molecular complexity index is 966. The molecular weight excluding hydrogens is 398 g/mol. The maximum absolute atomic E-state index is 13.7. The zero-order chi connectivity index (χ0) is 20.1. The third kappa shape index (κ3) is 4.70. The molecule has 1 heterocycles. The van der Waals surface area contributed by atoms with Gasteiger partial charge in [-0.25, -0.2) is 4.39 Å². The minimum absolute atomic E-state index is 0.277. The molecule has 0 saturated heterocycles. The van der Waals surface area contributed by atoms with Crippen LogP contribution in [0.15, 0.2) is 67.0 Å². The maximum atomic E-state index is 13.7. The molecule has 1 atom stereocenters. The van der Waals surface area contributed by atoms with Gasteiger partial charge >= 0.3 is 0 Å². The molecule has 0 aliphatic carbocycles. The zero-order valence-corrected chi connectivity index (χ0v) is 16.8. The van der Waals surface area contributed by atoms with Gasteiger partial charge in [0.1, 0.15) is 5.82 Å². The quantitative estimate of drug-likeness (QED) is 0.470. The lowest BCUT2D eigenvalue weighted by atomic mass is 10.0. The van der Waals surface area contributed by atoms with E-state index in [0.29, 0.717) is 23.0 Å². The fraction of sp³-hybridized carbons (Fsp3) is 0.182. The first-order valence-corrected chi connectivity index (χ1v) is 9.65. The lowest BCUT2D eigenvalue weighted by Gasteiger charge is -2.32. The van der Waals surface area contributed by atoms with Crippen LogP contribution in [0.5, 0.6) is 0 Å². The molecule has 3 nitrogen and oxygen atoms in total. The molecule has 0 radical (unpaired) electrons. The predicted molar refractivity (Wildman–Crippen MR) is 110 cm³/mol. The van der Waals surface area contributed by atoms with E-state index in [1.807, 2.05) is 25.1 Å². The Labute approximate surface area is 173 Å². The molecule has 0 spiro atoms. The smallest absolute Gasteiger partial charge is 0.254 e. The monoisotopic (exact) mass is 416 g/mol. The fourth-order valence-corrected chi connectivity index (χ4v) is 3.71. The second-order valence-corrected chi connectivity index (χ2v) is 7.24. The lowest BCUT2D eigenvalue weighted by Crippen LogP contribution is -2.34. The van der Waals surface area contributed by atoms with Gasteiger partial charge in [-0.05, 0) is 53.9 Å². The van der Waals surface area contributed by atoms with Crippen molar-refractivity contribution >= 4 is 29.1 Å². The van der Waals surface area contributed by atoms with Crippen molar-refractivity contribution in [1.82, 2.24) is 9.88 Å². The summed E-state index contributed by atoms with van der Waals surface area (Å²) in [4.78, 5) is 19.1. The van der Waals surface area contributed by atoms with Crippen molar-refractivity contribution in [2.75, 3.05) is 0 Å². The molecule has 0 fully saturated rings. The topological polar surface area (TPSA) is 33.2 Å². The number of pyridine rings is 1. The highest BCUT2D eigenvalue weighted by molar-refractivity contribution is 6.35. The molecule has 3 aromatic rings. The highest BCUT2D eigenvalue weighted by atomic mass is 35.5. The fourth-order valence-electron chi connectivity index (χ4n) is 3.18. The van der Waals surface area contributed by atoms with Crippen molar-refractivity contribution in [2.24, 2.45) is 0 Å². The first-order chi connectivity index (χ1) is 13.5. The van der Waals surface area contributed by atoms with E-state index in [1.54, 1.807) is 35.5 Å². The average Bonchev–Trinajstić information content (AvgIpc) is 2.69. The number of amides is 1. The van der Waals surface area contributed by atoms with E-state index < -0.39 is 5.82 Å². The van der Waals surface area contributed by atoms with E-state index in [2.05, 4.69) is 4.98 Å². The zero-order valence-electron chi connectivity index (χ0n) is 15.3. The van der Waals surface area contributed by atoms with Crippen LogP contribution in [-0.4, -0.2) is 15.8 Å². The number of hydrogen-bond donors (Lipinski definition) is 0. The van der Waals surface area contributed by atoms with Gasteiger partial charge in [-0.3, -0.25) is 9.78 Å². The van der Waals surface area contributed by atoms with E-state index in [1.165, 1.54) is 18.2 Å². The van der Waals surface area contributed by atoms with Gasteiger partial charge in [-0.2, -0.15) is 0 Å². The van der Waals surface area contributed by atoms with Crippen LogP contribution < -0.4 is 0 Å². The molecule has 0 aliphatic rings. The average molecular weight is 417 g/mol. The van der Waals surface area contributed by atoms with E-state index in [0.717, 1.165) is 11.1 Å². The Kier molecular flexibility index (Phi) is 6.65. The molecule has 1 aromatic heterocycles. The van der Waals surface area contributed by atoms with Gasteiger partial charge in [0, 0.05) is 34.5 Å². The summed E-state index contributed by atoms with van der Waals surface area (Å²) in [6.45, 7) is 2.30. The summed E-state index contributed by atoms with van der Waals surface area (Å²) in [6, 6.07) is 14.3. The molecule has 0 bridgehead atoms. The van der Waals surface area contributed by atoms with Crippen molar-refractivity contribution in [3.05, 3.63) is 99.5 Å². The largest absolute Gasteiger partial charge is 0.327 e. The van der Waals surface area contributed by atoms with Crippen LogP contribution in [0.25, 0.3) is 0 Å². The number of hydrogen-bond acceptors (Lipinski definition) is 2. The summed E-state index contributed by atoms with van der Waals surface area (Å²) in [5.74, 6) is -0.731. The van der Waals surface area contributed by atoms with Gasteiger partial charge in [0.2, 0.25) is 0 Å². The number of carbonyl (C=O) groups excluding carboxylic acids is 1. The molecule has 3 rings (SSSR count). The first kappa shape index (κ1) is 20.3. The standard InChI is InChI=1S/C22H19Cl2FN2O/c1-2-21(19-9-8-17(23)12-20(19)24)27(14-15-5-4-10-26-13-15)22(28)16-6-3-7-18(25)11-16/h3-13,21H,2,14H2,1H3. The third-order valence-corrected chi connectivity index (χ3v) is 5.05. The Morgan fingerprint density at radius 1 is 1.14 bits per heavy atom. The van der Waals surface area contributed by atoms with E-state index >= 15 is 0 Å². The van der Waals surface area contributed by atoms with E-state index in [-0.39, 0.29) is 17.5 Å². The molecule has 0 saturated carbocycles. The maximum Gasteiger partial charge on any atom is 0.254 e. The van der Waals surface area contributed by atoms with Crippen LogP contribution in [0.3, 0.4) is 0 Å². The first-order valence-electron chi connectivity index (χ1n) is 8.90. The third-order valence-electron chi connectivity index (χ3n) is 4.49. The van der Waals surface area contributed by atoms with Crippen LogP contribution >= 0.6 is 23.2 Å². The second-order valence-electron chi connectivity index (χ2n) is 6.39. The van der Waals surface area contributed by atoms with Gasteiger partial charge in [-0.1, -0.05) is 48.3 Å². The van der Waals surface area contributed by atoms with Gasteiger partial charge in [0.25, 0.3) is 5.91 Å². The summed E-state index contributed by atoms with van der Waals surface area (Å²) in [7, 11) is 0. The van der Waals surface area contributed by atoms with Crippen LogP contribution in [-0.2, 0) is 6.54 Å².